The third kappa shape index (κ3) is 3.90. The van der Waals surface area contributed by atoms with Crippen molar-refractivity contribution in [3.8, 4) is 0 Å². The predicted octanol–water partition coefficient (Wildman–Crippen LogP) is 5.75. The highest BCUT2D eigenvalue weighted by Gasteiger charge is 2.35. The monoisotopic (exact) mass is 393 g/mol. The van der Waals surface area contributed by atoms with Crippen LogP contribution >= 0.6 is 23.4 Å². The molecule has 1 amide bonds. The van der Waals surface area contributed by atoms with Gasteiger partial charge in [-0.3, -0.25) is 4.79 Å². The highest BCUT2D eigenvalue weighted by molar-refractivity contribution is 7.99. The Morgan fingerprint density at radius 3 is 2.15 bits per heavy atom. The summed E-state index contributed by atoms with van der Waals surface area (Å²) in [6.07, 6.45) is 0. The number of thioether (sulfide) groups is 1. The van der Waals surface area contributed by atoms with Crippen LogP contribution in [-0.4, -0.2) is 23.1 Å². The van der Waals surface area contributed by atoms with E-state index in [2.05, 4.69) is 6.07 Å². The lowest BCUT2D eigenvalue weighted by atomic mass is 9.90. The molecule has 0 spiro atoms. The first-order valence-corrected chi connectivity index (χ1v) is 10.4. The molecule has 0 saturated carbocycles. The second kappa shape index (κ2) is 8.20. The zero-order valence-corrected chi connectivity index (χ0v) is 16.4. The van der Waals surface area contributed by atoms with Crippen LogP contribution in [0.5, 0.6) is 0 Å². The van der Waals surface area contributed by atoms with Crippen LogP contribution < -0.4 is 0 Å². The smallest absolute Gasteiger partial charge is 0.235 e. The van der Waals surface area contributed by atoms with E-state index in [9.17, 15) is 4.79 Å². The number of hydrogen-bond donors (Lipinski definition) is 0. The van der Waals surface area contributed by atoms with E-state index in [1.54, 1.807) is 11.8 Å². The van der Waals surface area contributed by atoms with Gasteiger partial charge in [0.2, 0.25) is 5.91 Å². The molecule has 0 bridgehead atoms. The molecule has 1 fully saturated rings. The molecule has 1 aliphatic heterocycles. The Hall–Kier alpha value is -2.23. The summed E-state index contributed by atoms with van der Waals surface area (Å²) in [5.41, 5.74) is 3.13. The van der Waals surface area contributed by atoms with Gasteiger partial charge < -0.3 is 4.90 Å². The molecule has 3 aromatic rings. The summed E-state index contributed by atoms with van der Waals surface area (Å²) < 4.78 is 0. The fourth-order valence-corrected chi connectivity index (χ4v) is 5.02. The molecule has 0 aromatic heterocycles. The van der Waals surface area contributed by atoms with Gasteiger partial charge in [-0.2, -0.15) is 0 Å². The molecule has 2 nitrogen and oxygen atoms in total. The maximum atomic E-state index is 13.7. The van der Waals surface area contributed by atoms with Crippen LogP contribution in [0.2, 0.25) is 5.02 Å². The highest BCUT2D eigenvalue weighted by Crippen LogP contribution is 2.41. The van der Waals surface area contributed by atoms with Gasteiger partial charge in [-0.15, -0.1) is 11.8 Å². The van der Waals surface area contributed by atoms with E-state index >= 15 is 0 Å². The van der Waals surface area contributed by atoms with Crippen LogP contribution in [0.25, 0.3) is 0 Å². The maximum Gasteiger partial charge on any atom is 0.235 e. The van der Waals surface area contributed by atoms with Crippen molar-refractivity contribution >= 4 is 29.3 Å². The SMILES string of the molecule is O=C(C(c1ccccc1)c1ccccc1)N1CCSC1c1cccc(Cl)c1. The summed E-state index contributed by atoms with van der Waals surface area (Å²) in [5, 5.41) is 0.709. The molecule has 136 valence electrons. The Kier molecular flexibility index (Phi) is 5.51. The fraction of sp³-hybridized carbons (Fsp3) is 0.174. The van der Waals surface area contributed by atoms with Crippen molar-refractivity contribution in [1.82, 2.24) is 4.90 Å². The number of carbonyl (C=O) groups excluding carboxylic acids is 1. The van der Waals surface area contributed by atoms with Crippen molar-refractivity contribution in [2.24, 2.45) is 0 Å². The van der Waals surface area contributed by atoms with Crippen LogP contribution in [0.15, 0.2) is 84.9 Å². The largest absolute Gasteiger partial charge is 0.325 e. The van der Waals surface area contributed by atoms with E-state index in [1.807, 2.05) is 83.8 Å². The molecule has 0 radical (unpaired) electrons. The van der Waals surface area contributed by atoms with Gasteiger partial charge in [0.05, 0.1) is 5.92 Å². The van der Waals surface area contributed by atoms with Crippen LogP contribution in [-0.2, 0) is 4.79 Å². The first-order valence-electron chi connectivity index (χ1n) is 9.01. The molecule has 0 N–H and O–H groups in total. The van der Waals surface area contributed by atoms with Gasteiger partial charge >= 0.3 is 0 Å². The van der Waals surface area contributed by atoms with Crippen LogP contribution in [0.3, 0.4) is 0 Å². The number of nitrogens with zero attached hydrogens (tertiary/aromatic N) is 1. The lowest BCUT2D eigenvalue weighted by Crippen LogP contribution is -2.35. The average molecular weight is 394 g/mol. The zero-order valence-electron chi connectivity index (χ0n) is 14.8. The maximum absolute atomic E-state index is 13.7. The van der Waals surface area contributed by atoms with Gasteiger partial charge in [0.1, 0.15) is 5.37 Å². The van der Waals surface area contributed by atoms with Crippen LogP contribution in [0.4, 0.5) is 0 Å². The van der Waals surface area contributed by atoms with E-state index in [0.29, 0.717) is 5.02 Å². The highest BCUT2D eigenvalue weighted by atomic mass is 35.5. The lowest BCUT2D eigenvalue weighted by Gasteiger charge is -2.29. The molecule has 3 aromatic carbocycles. The van der Waals surface area contributed by atoms with E-state index in [0.717, 1.165) is 29.0 Å². The lowest BCUT2D eigenvalue weighted by molar-refractivity contribution is -0.132. The van der Waals surface area contributed by atoms with Crippen molar-refractivity contribution in [2.75, 3.05) is 12.3 Å². The normalized spacial score (nSPS) is 16.7. The standard InChI is InChI=1S/C23H20ClNOS/c24-20-13-7-12-19(16-20)23-25(14-15-27-23)22(26)21(17-8-3-1-4-9-17)18-10-5-2-6-11-18/h1-13,16,21,23H,14-15H2. The molecule has 0 aliphatic carbocycles. The first kappa shape index (κ1) is 18.1. The molecular weight excluding hydrogens is 374 g/mol. The van der Waals surface area contributed by atoms with Crippen LogP contribution in [0.1, 0.15) is 28.0 Å². The molecule has 4 rings (SSSR count). The van der Waals surface area contributed by atoms with Crippen molar-refractivity contribution < 1.29 is 4.79 Å². The molecule has 1 saturated heterocycles. The summed E-state index contributed by atoms with van der Waals surface area (Å²) in [6.45, 7) is 0.747. The summed E-state index contributed by atoms with van der Waals surface area (Å²) in [4.78, 5) is 15.7. The summed E-state index contributed by atoms with van der Waals surface area (Å²) in [5.74, 6) is 0.773. The number of benzene rings is 3. The van der Waals surface area contributed by atoms with Gasteiger partial charge in [0, 0.05) is 17.3 Å². The minimum absolute atomic E-state index is 0.00567. The van der Waals surface area contributed by atoms with Crippen LogP contribution in [0, 0.1) is 0 Å². The summed E-state index contributed by atoms with van der Waals surface area (Å²) >= 11 is 7.99. The van der Waals surface area contributed by atoms with E-state index in [4.69, 9.17) is 11.6 Å². The zero-order chi connectivity index (χ0) is 18.6. The summed E-state index contributed by atoms with van der Waals surface area (Å²) in [6, 6.07) is 27.9. The Morgan fingerprint density at radius 1 is 0.926 bits per heavy atom. The van der Waals surface area contributed by atoms with Gasteiger partial charge in [0.15, 0.2) is 0 Å². The topological polar surface area (TPSA) is 20.3 Å². The van der Waals surface area contributed by atoms with Crippen molar-refractivity contribution in [2.45, 2.75) is 11.3 Å². The Morgan fingerprint density at radius 2 is 1.56 bits per heavy atom. The van der Waals surface area contributed by atoms with Gasteiger partial charge in [-0.25, -0.2) is 0 Å². The minimum atomic E-state index is -0.298. The van der Waals surface area contributed by atoms with E-state index in [-0.39, 0.29) is 17.2 Å². The van der Waals surface area contributed by atoms with Gasteiger partial charge in [-0.1, -0.05) is 84.4 Å². The average Bonchev–Trinajstić information content (AvgIpc) is 3.20. The summed E-state index contributed by atoms with van der Waals surface area (Å²) in [7, 11) is 0. The van der Waals surface area contributed by atoms with Crippen molar-refractivity contribution in [1.29, 1.82) is 0 Å². The molecule has 1 heterocycles. The quantitative estimate of drug-likeness (QED) is 0.562. The second-order valence-corrected chi connectivity index (χ2v) is 8.19. The Labute approximate surface area is 169 Å². The third-order valence-electron chi connectivity index (χ3n) is 4.82. The number of amides is 1. The number of hydrogen-bond acceptors (Lipinski definition) is 2. The number of halogens is 1. The third-order valence-corrected chi connectivity index (χ3v) is 6.32. The van der Waals surface area contributed by atoms with Crippen molar-refractivity contribution in [3.63, 3.8) is 0 Å². The molecular formula is C23H20ClNOS. The second-order valence-electron chi connectivity index (χ2n) is 6.56. The Balaban J connectivity index is 1.71. The molecule has 27 heavy (non-hydrogen) atoms. The van der Waals surface area contributed by atoms with Gasteiger partial charge in [0.25, 0.3) is 0 Å². The minimum Gasteiger partial charge on any atom is -0.325 e. The van der Waals surface area contributed by atoms with E-state index < -0.39 is 0 Å². The molecule has 1 atom stereocenters. The Bertz CT molecular complexity index is 876. The molecule has 1 unspecified atom stereocenters. The number of rotatable bonds is 4. The van der Waals surface area contributed by atoms with Crippen molar-refractivity contribution in [3.05, 3.63) is 107 Å². The predicted molar refractivity (Wildman–Crippen MR) is 113 cm³/mol. The van der Waals surface area contributed by atoms with Gasteiger partial charge in [-0.05, 0) is 28.8 Å². The fourth-order valence-electron chi connectivity index (χ4n) is 3.57. The first-order chi connectivity index (χ1) is 13.2. The number of carbonyl (C=O) groups is 1. The molecule has 4 heteroatoms. The van der Waals surface area contributed by atoms with E-state index in [1.165, 1.54) is 0 Å². The molecule has 1 aliphatic rings.